The van der Waals surface area contributed by atoms with Crippen LogP contribution in [0.3, 0.4) is 0 Å². The predicted molar refractivity (Wildman–Crippen MR) is 73.2 cm³/mol. The van der Waals surface area contributed by atoms with Crippen LogP contribution in [-0.4, -0.2) is 42.0 Å². The van der Waals surface area contributed by atoms with Crippen molar-refractivity contribution in [3.05, 3.63) is 0 Å². The smallest absolute Gasteiger partial charge is 0.179 e. The van der Waals surface area contributed by atoms with E-state index in [-0.39, 0.29) is 31.7 Å². The van der Waals surface area contributed by atoms with Crippen LogP contribution in [0.4, 0.5) is 0 Å². The molecule has 17 heavy (non-hydrogen) atoms. The number of hydrogen-bond acceptors (Lipinski definition) is 3. The summed E-state index contributed by atoms with van der Waals surface area (Å²) in [6.07, 6.45) is 4.08. The van der Waals surface area contributed by atoms with Gasteiger partial charge in [-0.3, -0.25) is 0 Å². The maximum atomic E-state index is 8.66. The van der Waals surface area contributed by atoms with Gasteiger partial charge in [0.05, 0.1) is 0 Å². The molecule has 0 unspecified atom stereocenters. The number of hydrogen-bond donors (Lipinski definition) is 3. The first-order valence-electron chi connectivity index (χ1n) is 5.77. The van der Waals surface area contributed by atoms with Crippen molar-refractivity contribution in [2.45, 2.75) is 59.2 Å². The van der Waals surface area contributed by atoms with Gasteiger partial charge in [0, 0.05) is 39.4 Å². The zero-order valence-electron chi connectivity index (χ0n) is 12.1. The van der Waals surface area contributed by atoms with Gasteiger partial charge in [-0.05, 0) is 32.5 Å². The molecule has 0 fully saturated rings. The Hall–Kier alpha value is 0.940. The van der Waals surface area contributed by atoms with E-state index in [1.54, 1.807) is 0 Å². The fraction of sp³-hybridized carbons (Fsp3) is 1.00. The molecule has 108 valence electrons. The van der Waals surface area contributed by atoms with E-state index in [9.17, 15) is 0 Å². The van der Waals surface area contributed by atoms with Gasteiger partial charge in [0.15, 0.2) is 8.32 Å². The zero-order chi connectivity index (χ0) is 12.7. The van der Waals surface area contributed by atoms with Crippen LogP contribution < -0.4 is 0 Å². The molecule has 0 aliphatic rings. The van der Waals surface area contributed by atoms with E-state index in [2.05, 4.69) is 13.8 Å². The van der Waals surface area contributed by atoms with Crippen molar-refractivity contribution in [3.63, 3.8) is 0 Å². The molecule has 6 heteroatoms. The van der Waals surface area contributed by atoms with Crippen LogP contribution in [0.15, 0.2) is 0 Å². The van der Waals surface area contributed by atoms with Gasteiger partial charge in [0.2, 0.25) is 0 Å². The summed E-state index contributed by atoms with van der Waals surface area (Å²) in [6.45, 7) is 10.4. The quantitative estimate of drug-likeness (QED) is 0.674. The second-order valence-corrected chi connectivity index (χ2v) is 8.67. The van der Waals surface area contributed by atoms with Crippen LogP contribution in [0.5, 0.6) is 0 Å². The molecule has 0 rings (SSSR count). The van der Waals surface area contributed by atoms with Crippen molar-refractivity contribution in [1.82, 2.24) is 0 Å². The van der Waals surface area contributed by atoms with Gasteiger partial charge in [-0.15, -0.1) is 0 Å². The number of unbranched alkanes of at least 4 members (excludes halogenated alkanes) is 2. The third kappa shape index (κ3) is 155. The molecule has 0 aromatic carbocycles. The van der Waals surface area contributed by atoms with Gasteiger partial charge < -0.3 is 20.5 Å². The van der Waals surface area contributed by atoms with Crippen LogP contribution in [0.25, 0.3) is 0 Å². The van der Waals surface area contributed by atoms with Gasteiger partial charge >= 0.3 is 0 Å². The van der Waals surface area contributed by atoms with Gasteiger partial charge in [-0.2, -0.15) is 0 Å². The minimum Gasteiger partial charge on any atom is -0.433 e. The molecule has 0 radical (unpaired) electrons. The van der Waals surface area contributed by atoms with Gasteiger partial charge in [0.1, 0.15) is 0 Å². The SMILES string of the molecule is CCCCO.CCCCO.C[Si](C)(C)O.O.[Zr]. The van der Waals surface area contributed by atoms with Crippen molar-refractivity contribution < 1.29 is 46.7 Å². The topological polar surface area (TPSA) is 92.2 Å². The van der Waals surface area contributed by atoms with Gasteiger partial charge in [-0.25, -0.2) is 0 Å². The maximum absolute atomic E-state index is 8.66. The molecule has 0 bridgehead atoms. The monoisotopic (exact) mass is 346 g/mol. The van der Waals surface area contributed by atoms with E-state index in [4.69, 9.17) is 15.0 Å². The summed E-state index contributed by atoms with van der Waals surface area (Å²) in [5, 5.41) is 16.1. The summed E-state index contributed by atoms with van der Waals surface area (Å²) >= 11 is 0. The van der Waals surface area contributed by atoms with E-state index in [1.165, 1.54) is 0 Å². The fourth-order valence-corrected chi connectivity index (χ4v) is 0.316. The summed E-state index contributed by atoms with van der Waals surface area (Å²) in [6, 6.07) is 0. The fourth-order valence-electron chi connectivity index (χ4n) is 0.316. The summed E-state index contributed by atoms with van der Waals surface area (Å²) in [5.74, 6) is 0. The van der Waals surface area contributed by atoms with Gasteiger partial charge in [0.25, 0.3) is 0 Å². The van der Waals surface area contributed by atoms with Crippen molar-refractivity contribution in [2.24, 2.45) is 0 Å². The number of aliphatic hydroxyl groups is 2. The van der Waals surface area contributed by atoms with Crippen LogP contribution in [0.2, 0.25) is 19.6 Å². The normalized spacial score (nSPS) is 8.47. The van der Waals surface area contributed by atoms with E-state index in [0.717, 1.165) is 25.7 Å². The Kier molecular flexibility index (Phi) is 46.5. The van der Waals surface area contributed by atoms with Crippen molar-refractivity contribution in [2.75, 3.05) is 13.2 Å². The van der Waals surface area contributed by atoms with Crippen LogP contribution >= 0.6 is 0 Å². The molecular weight excluding hydrogens is 315 g/mol. The van der Waals surface area contributed by atoms with E-state index in [0.29, 0.717) is 13.2 Å². The van der Waals surface area contributed by atoms with Crippen LogP contribution in [0, 0.1) is 0 Å². The third-order valence-electron chi connectivity index (χ3n) is 1.02. The first kappa shape index (κ1) is 30.7. The summed E-state index contributed by atoms with van der Waals surface area (Å²) < 4.78 is 0. The Labute approximate surface area is 127 Å². The first-order valence-corrected chi connectivity index (χ1v) is 9.22. The van der Waals surface area contributed by atoms with E-state index in [1.807, 2.05) is 19.6 Å². The van der Waals surface area contributed by atoms with Crippen molar-refractivity contribution in [1.29, 1.82) is 0 Å². The second kappa shape index (κ2) is 25.7. The standard InChI is InChI=1S/2C4H10O.C3H10OSi.H2O.Zr/c2*1-2-3-4-5;1-5(2,3)4;;/h2*5H,2-4H2,1H3;4H,1-3H3;1H2;. The molecule has 0 saturated carbocycles. The Morgan fingerprint density at radius 2 is 1.00 bits per heavy atom. The van der Waals surface area contributed by atoms with Crippen LogP contribution in [-0.2, 0) is 26.2 Å². The van der Waals surface area contributed by atoms with Gasteiger partial charge in [-0.1, -0.05) is 26.7 Å². The van der Waals surface area contributed by atoms with Crippen LogP contribution in [0.1, 0.15) is 39.5 Å². The Balaban J connectivity index is -0.0000000400. The molecule has 0 spiro atoms. The molecule has 0 amide bonds. The molecule has 0 aromatic rings. The maximum Gasteiger partial charge on any atom is 0.179 e. The Morgan fingerprint density at radius 3 is 1.00 bits per heavy atom. The third-order valence-corrected chi connectivity index (χ3v) is 1.02. The molecule has 0 aromatic heterocycles. The molecule has 4 nitrogen and oxygen atoms in total. The minimum atomic E-state index is -1.61. The first-order chi connectivity index (χ1) is 6.83. The second-order valence-electron chi connectivity index (χ2n) is 4.33. The zero-order valence-corrected chi connectivity index (χ0v) is 15.5. The minimum absolute atomic E-state index is 0. The molecule has 0 atom stereocenters. The van der Waals surface area contributed by atoms with Crippen molar-refractivity contribution in [3.8, 4) is 0 Å². The summed E-state index contributed by atoms with van der Waals surface area (Å²) in [5.41, 5.74) is 0. The average molecular weight is 348 g/mol. The molecule has 0 saturated heterocycles. The molecule has 0 aliphatic heterocycles. The summed E-state index contributed by atoms with van der Waals surface area (Å²) in [4.78, 5) is 8.66. The molecule has 0 heterocycles. The predicted octanol–water partition coefficient (Wildman–Crippen LogP) is 1.54. The molecule has 5 N–H and O–H groups in total. The Bertz CT molecular complexity index is 84.0. The van der Waals surface area contributed by atoms with Crippen molar-refractivity contribution >= 4 is 8.32 Å². The number of rotatable bonds is 4. The number of aliphatic hydroxyl groups excluding tert-OH is 2. The van der Waals surface area contributed by atoms with E-state index >= 15 is 0 Å². The molecule has 0 aliphatic carbocycles. The average Bonchev–Trinajstić information content (AvgIpc) is 2.05. The van der Waals surface area contributed by atoms with E-state index < -0.39 is 8.32 Å². The summed E-state index contributed by atoms with van der Waals surface area (Å²) in [7, 11) is -1.61. The molecular formula is C11H32O4SiZr. The largest absolute Gasteiger partial charge is 0.433 e. The Morgan fingerprint density at radius 1 is 0.824 bits per heavy atom.